The standard InChI is InChI=1S/C12H12N2O/c13-12(15)9-4-5-10-11-7(6-14-10)2-1-3-8(9)11/h4-6,14H,1-3H2,(H2,13,15). The summed E-state index contributed by atoms with van der Waals surface area (Å²) >= 11 is 0. The molecule has 15 heavy (non-hydrogen) atoms. The summed E-state index contributed by atoms with van der Waals surface area (Å²) in [5, 5.41) is 1.22. The molecule has 1 aliphatic rings. The minimum atomic E-state index is -0.319. The summed E-state index contributed by atoms with van der Waals surface area (Å²) in [7, 11) is 0. The Kier molecular flexibility index (Phi) is 1.63. The molecule has 1 heterocycles. The summed E-state index contributed by atoms with van der Waals surface area (Å²) in [5.74, 6) is -0.319. The maximum Gasteiger partial charge on any atom is 0.249 e. The monoisotopic (exact) mass is 200 g/mol. The second kappa shape index (κ2) is 2.86. The van der Waals surface area contributed by atoms with Gasteiger partial charge in [0, 0.05) is 22.7 Å². The quantitative estimate of drug-likeness (QED) is 0.724. The van der Waals surface area contributed by atoms with E-state index in [-0.39, 0.29) is 5.91 Å². The smallest absolute Gasteiger partial charge is 0.249 e. The van der Waals surface area contributed by atoms with Crippen LogP contribution in [-0.4, -0.2) is 10.9 Å². The van der Waals surface area contributed by atoms with E-state index in [0.29, 0.717) is 5.56 Å². The van der Waals surface area contributed by atoms with Crippen molar-refractivity contribution in [2.75, 3.05) is 0 Å². The van der Waals surface area contributed by atoms with Crippen LogP contribution in [0, 0.1) is 0 Å². The lowest BCUT2D eigenvalue weighted by molar-refractivity contribution is 0.0999. The molecule has 0 bridgehead atoms. The number of benzene rings is 1. The van der Waals surface area contributed by atoms with Gasteiger partial charge in [0.25, 0.3) is 0 Å². The molecule has 76 valence electrons. The molecule has 3 nitrogen and oxygen atoms in total. The Morgan fingerprint density at radius 2 is 2.20 bits per heavy atom. The fourth-order valence-corrected chi connectivity index (χ4v) is 2.52. The third kappa shape index (κ3) is 1.09. The van der Waals surface area contributed by atoms with E-state index >= 15 is 0 Å². The molecule has 0 atom stereocenters. The number of primary amides is 1. The first-order chi connectivity index (χ1) is 7.27. The molecular weight excluding hydrogens is 188 g/mol. The molecule has 1 aromatic carbocycles. The van der Waals surface area contributed by atoms with E-state index in [1.165, 1.54) is 10.9 Å². The number of rotatable bonds is 1. The molecule has 3 N–H and O–H groups in total. The van der Waals surface area contributed by atoms with Gasteiger partial charge in [-0.3, -0.25) is 4.79 Å². The summed E-state index contributed by atoms with van der Waals surface area (Å²) in [5.41, 5.74) is 9.62. The third-order valence-electron chi connectivity index (χ3n) is 3.17. The molecule has 1 aliphatic carbocycles. The molecule has 0 saturated carbocycles. The lowest BCUT2D eigenvalue weighted by Crippen LogP contribution is -2.15. The van der Waals surface area contributed by atoms with E-state index in [1.807, 2.05) is 18.3 Å². The molecule has 0 radical (unpaired) electrons. The number of hydrogen-bond acceptors (Lipinski definition) is 1. The van der Waals surface area contributed by atoms with Crippen LogP contribution >= 0.6 is 0 Å². The first-order valence-corrected chi connectivity index (χ1v) is 5.19. The van der Waals surface area contributed by atoms with E-state index in [0.717, 1.165) is 30.3 Å². The van der Waals surface area contributed by atoms with Gasteiger partial charge < -0.3 is 10.7 Å². The van der Waals surface area contributed by atoms with Crippen LogP contribution in [0.15, 0.2) is 18.3 Å². The van der Waals surface area contributed by atoms with Crippen molar-refractivity contribution in [3.63, 3.8) is 0 Å². The maximum atomic E-state index is 11.3. The van der Waals surface area contributed by atoms with Crippen LogP contribution in [0.4, 0.5) is 0 Å². The number of hydrogen-bond donors (Lipinski definition) is 2. The van der Waals surface area contributed by atoms with Gasteiger partial charge in [0.05, 0.1) is 0 Å². The molecule has 0 aliphatic heterocycles. The average molecular weight is 200 g/mol. The normalized spacial score (nSPS) is 14.4. The van der Waals surface area contributed by atoms with Crippen LogP contribution in [0.2, 0.25) is 0 Å². The largest absolute Gasteiger partial charge is 0.366 e. The molecule has 0 fully saturated rings. The van der Waals surface area contributed by atoms with Crippen LogP contribution in [-0.2, 0) is 12.8 Å². The number of carbonyl (C=O) groups excluding carboxylic acids is 1. The molecule has 0 saturated heterocycles. The van der Waals surface area contributed by atoms with Crippen molar-refractivity contribution in [1.29, 1.82) is 0 Å². The van der Waals surface area contributed by atoms with Gasteiger partial charge in [-0.15, -0.1) is 0 Å². The van der Waals surface area contributed by atoms with Crippen molar-refractivity contribution >= 4 is 16.8 Å². The van der Waals surface area contributed by atoms with E-state index in [1.54, 1.807) is 0 Å². The number of H-pyrrole nitrogens is 1. The SMILES string of the molecule is NC(=O)c1ccc2[nH]cc3c2c1CCC3. The highest BCUT2D eigenvalue weighted by Gasteiger charge is 2.18. The highest BCUT2D eigenvalue weighted by Crippen LogP contribution is 2.31. The molecular formula is C12H12N2O. The van der Waals surface area contributed by atoms with Crippen LogP contribution in [0.5, 0.6) is 0 Å². The van der Waals surface area contributed by atoms with Gasteiger partial charge in [0.1, 0.15) is 0 Å². The zero-order valence-corrected chi connectivity index (χ0v) is 8.34. The van der Waals surface area contributed by atoms with Gasteiger partial charge in [0.15, 0.2) is 0 Å². The third-order valence-corrected chi connectivity index (χ3v) is 3.17. The van der Waals surface area contributed by atoms with Crippen molar-refractivity contribution in [1.82, 2.24) is 4.98 Å². The minimum absolute atomic E-state index is 0.319. The number of aromatic amines is 1. The Bertz CT molecular complexity index is 554. The highest BCUT2D eigenvalue weighted by molar-refractivity contribution is 6.01. The Balaban J connectivity index is 2.42. The number of carbonyl (C=O) groups is 1. The van der Waals surface area contributed by atoms with E-state index < -0.39 is 0 Å². The zero-order chi connectivity index (χ0) is 10.4. The summed E-state index contributed by atoms with van der Waals surface area (Å²) in [6, 6.07) is 3.76. The highest BCUT2D eigenvalue weighted by atomic mass is 16.1. The fraction of sp³-hybridized carbons (Fsp3) is 0.250. The Hall–Kier alpha value is -1.77. The minimum Gasteiger partial charge on any atom is -0.366 e. The van der Waals surface area contributed by atoms with Gasteiger partial charge in [-0.1, -0.05) is 0 Å². The topological polar surface area (TPSA) is 58.9 Å². The maximum absolute atomic E-state index is 11.3. The molecule has 1 aromatic heterocycles. The van der Waals surface area contributed by atoms with Crippen molar-refractivity contribution in [3.8, 4) is 0 Å². The first-order valence-electron chi connectivity index (χ1n) is 5.19. The predicted octanol–water partition coefficient (Wildman–Crippen LogP) is 1.76. The second-order valence-corrected chi connectivity index (χ2v) is 4.05. The number of aromatic nitrogens is 1. The Labute approximate surface area is 87.3 Å². The molecule has 3 heteroatoms. The van der Waals surface area contributed by atoms with Crippen LogP contribution in [0.3, 0.4) is 0 Å². The van der Waals surface area contributed by atoms with Gasteiger partial charge in [-0.25, -0.2) is 0 Å². The van der Waals surface area contributed by atoms with Crippen LogP contribution < -0.4 is 5.73 Å². The van der Waals surface area contributed by atoms with E-state index in [2.05, 4.69) is 4.98 Å². The summed E-state index contributed by atoms with van der Waals surface area (Å²) < 4.78 is 0. The Morgan fingerprint density at radius 1 is 1.33 bits per heavy atom. The van der Waals surface area contributed by atoms with Gasteiger partial charge in [-0.2, -0.15) is 0 Å². The van der Waals surface area contributed by atoms with Gasteiger partial charge >= 0.3 is 0 Å². The molecule has 0 unspecified atom stereocenters. The summed E-state index contributed by atoms with van der Waals surface area (Å²) in [6.07, 6.45) is 5.19. The van der Waals surface area contributed by atoms with Crippen molar-refractivity contribution in [2.45, 2.75) is 19.3 Å². The number of amides is 1. The van der Waals surface area contributed by atoms with Crippen LogP contribution in [0.1, 0.15) is 27.9 Å². The first kappa shape index (κ1) is 8.53. The summed E-state index contributed by atoms with van der Waals surface area (Å²) in [4.78, 5) is 14.5. The van der Waals surface area contributed by atoms with Crippen LogP contribution in [0.25, 0.3) is 10.9 Å². The number of aryl methyl sites for hydroxylation is 2. The summed E-state index contributed by atoms with van der Waals surface area (Å²) in [6.45, 7) is 0. The van der Waals surface area contributed by atoms with Crippen molar-refractivity contribution < 1.29 is 4.79 Å². The zero-order valence-electron chi connectivity index (χ0n) is 8.34. The molecule has 3 rings (SSSR count). The van der Waals surface area contributed by atoms with E-state index in [4.69, 9.17) is 5.73 Å². The number of nitrogens with one attached hydrogen (secondary N) is 1. The lowest BCUT2D eigenvalue weighted by Gasteiger charge is -2.14. The van der Waals surface area contributed by atoms with Crippen molar-refractivity contribution in [3.05, 3.63) is 35.0 Å². The second-order valence-electron chi connectivity index (χ2n) is 4.05. The molecule has 2 aromatic rings. The van der Waals surface area contributed by atoms with Crippen molar-refractivity contribution in [2.24, 2.45) is 5.73 Å². The lowest BCUT2D eigenvalue weighted by atomic mass is 9.89. The van der Waals surface area contributed by atoms with E-state index in [9.17, 15) is 4.79 Å². The predicted molar refractivity (Wildman–Crippen MR) is 58.8 cm³/mol. The van der Waals surface area contributed by atoms with Gasteiger partial charge in [0.2, 0.25) is 5.91 Å². The fourth-order valence-electron chi connectivity index (χ4n) is 2.52. The molecule has 0 spiro atoms. The number of nitrogens with two attached hydrogens (primary N) is 1. The average Bonchev–Trinajstić information content (AvgIpc) is 2.64. The van der Waals surface area contributed by atoms with Gasteiger partial charge in [-0.05, 0) is 42.5 Å². The Morgan fingerprint density at radius 3 is 3.00 bits per heavy atom. The molecule has 1 amide bonds.